The van der Waals surface area contributed by atoms with E-state index < -0.39 is 9.84 Å². The van der Waals surface area contributed by atoms with Crippen molar-refractivity contribution >= 4 is 25.8 Å². The van der Waals surface area contributed by atoms with Crippen molar-refractivity contribution in [3.8, 4) is 0 Å². The second-order valence-electron chi connectivity index (χ2n) is 4.32. The first kappa shape index (κ1) is 15.6. The summed E-state index contributed by atoms with van der Waals surface area (Å²) in [5.41, 5.74) is 0.817. The molecule has 0 saturated carbocycles. The van der Waals surface area contributed by atoms with Crippen LogP contribution in [0, 0.1) is 5.82 Å². The highest BCUT2D eigenvalue weighted by Crippen LogP contribution is 2.23. The van der Waals surface area contributed by atoms with Crippen LogP contribution in [0.4, 0.5) is 4.39 Å². The molecule has 0 aliphatic rings. The molecule has 0 aromatic heterocycles. The summed E-state index contributed by atoms with van der Waals surface area (Å²) < 4.78 is 36.1. The summed E-state index contributed by atoms with van der Waals surface area (Å²) in [6, 6.07) is 4.66. The molecule has 6 heteroatoms. The molecule has 0 aliphatic carbocycles. The SMILES string of the molecule is CNC(CCCS(C)(=O)=O)c1cc(F)cc(Br)c1. The van der Waals surface area contributed by atoms with Crippen molar-refractivity contribution in [2.45, 2.75) is 18.9 Å². The molecule has 0 radical (unpaired) electrons. The average Bonchev–Trinajstić information content (AvgIpc) is 2.21. The van der Waals surface area contributed by atoms with E-state index in [1.165, 1.54) is 18.4 Å². The minimum atomic E-state index is -2.94. The molecule has 1 unspecified atom stereocenters. The van der Waals surface area contributed by atoms with E-state index in [0.29, 0.717) is 17.3 Å². The largest absolute Gasteiger partial charge is 0.313 e. The maximum atomic E-state index is 13.3. The van der Waals surface area contributed by atoms with Gasteiger partial charge in [0.1, 0.15) is 15.7 Å². The first-order chi connectivity index (χ1) is 8.31. The Hall–Kier alpha value is -0.460. The lowest BCUT2D eigenvalue weighted by atomic mass is 10.0. The fourth-order valence-electron chi connectivity index (χ4n) is 1.80. The van der Waals surface area contributed by atoms with Crippen molar-refractivity contribution < 1.29 is 12.8 Å². The summed E-state index contributed by atoms with van der Waals surface area (Å²) in [4.78, 5) is 0. The van der Waals surface area contributed by atoms with Gasteiger partial charge in [-0.3, -0.25) is 0 Å². The molecule has 0 heterocycles. The van der Waals surface area contributed by atoms with Crippen LogP contribution >= 0.6 is 15.9 Å². The van der Waals surface area contributed by atoms with Crippen LogP contribution in [0.25, 0.3) is 0 Å². The van der Waals surface area contributed by atoms with Gasteiger partial charge < -0.3 is 5.32 Å². The van der Waals surface area contributed by atoms with Crippen LogP contribution in [-0.2, 0) is 9.84 Å². The molecular weight excluding hydrogens is 321 g/mol. The monoisotopic (exact) mass is 337 g/mol. The number of rotatable bonds is 6. The summed E-state index contributed by atoms with van der Waals surface area (Å²) in [7, 11) is -1.16. The van der Waals surface area contributed by atoms with Gasteiger partial charge in [-0.2, -0.15) is 0 Å². The fraction of sp³-hybridized carbons (Fsp3) is 0.500. The third-order valence-corrected chi connectivity index (χ3v) is 4.13. The van der Waals surface area contributed by atoms with E-state index in [2.05, 4.69) is 21.2 Å². The highest BCUT2D eigenvalue weighted by Gasteiger charge is 2.12. The minimum Gasteiger partial charge on any atom is -0.313 e. The highest BCUT2D eigenvalue weighted by molar-refractivity contribution is 9.10. The molecule has 1 N–H and O–H groups in total. The first-order valence-electron chi connectivity index (χ1n) is 5.63. The molecule has 0 bridgehead atoms. The van der Waals surface area contributed by atoms with Crippen LogP contribution in [0.2, 0.25) is 0 Å². The summed E-state index contributed by atoms with van der Waals surface area (Å²) in [6.45, 7) is 0. The van der Waals surface area contributed by atoms with E-state index >= 15 is 0 Å². The van der Waals surface area contributed by atoms with E-state index in [9.17, 15) is 12.8 Å². The van der Waals surface area contributed by atoms with Crippen LogP contribution < -0.4 is 5.32 Å². The molecule has 0 amide bonds. The Morgan fingerprint density at radius 2 is 2.06 bits per heavy atom. The molecule has 0 saturated heterocycles. The van der Waals surface area contributed by atoms with Crippen molar-refractivity contribution in [2.75, 3.05) is 19.1 Å². The Balaban J connectivity index is 2.71. The Labute approximate surface area is 116 Å². The van der Waals surface area contributed by atoms with Crippen molar-refractivity contribution in [1.82, 2.24) is 5.32 Å². The quantitative estimate of drug-likeness (QED) is 0.867. The van der Waals surface area contributed by atoms with Crippen LogP contribution in [0.5, 0.6) is 0 Å². The zero-order chi connectivity index (χ0) is 13.8. The lowest BCUT2D eigenvalue weighted by molar-refractivity contribution is 0.530. The molecule has 0 aliphatic heterocycles. The number of hydrogen-bond donors (Lipinski definition) is 1. The van der Waals surface area contributed by atoms with E-state index in [4.69, 9.17) is 0 Å². The van der Waals surface area contributed by atoms with Crippen molar-refractivity contribution in [3.05, 3.63) is 34.1 Å². The molecule has 0 spiro atoms. The van der Waals surface area contributed by atoms with Gasteiger partial charge in [-0.25, -0.2) is 12.8 Å². The van der Waals surface area contributed by atoms with Gasteiger partial charge in [0.25, 0.3) is 0 Å². The maximum absolute atomic E-state index is 13.3. The van der Waals surface area contributed by atoms with E-state index in [0.717, 1.165) is 5.56 Å². The van der Waals surface area contributed by atoms with Gasteiger partial charge in [0.05, 0.1) is 0 Å². The predicted molar refractivity (Wildman–Crippen MR) is 74.8 cm³/mol. The zero-order valence-electron chi connectivity index (χ0n) is 10.4. The lowest BCUT2D eigenvalue weighted by Gasteiger charge is -2.16. The van der Waals surface area contributed by atoms with Crippen LogP contribution in [0.1, 0.15) is 24.4 Å². The van der Waals surface area contributed by atoms with Crippen LogP contribution in [0.3, 0.4) is 0 Å². The summed E-state index contributed by atoms with van der Waals surface area (Å²) in [6.07, 6.45) is 2.43. The number of benzene rings is 1. The first-order valence-corrected chi connectivity index (χ1v) is 8.48. The van der Waals surface area contributed by atoms with Gasteiger partial charge in [0, 0.05) is 22.5 Å². The highest BCUT2D eigenvalue weighted by atomic mass is 79.9. The van der Waals surface area contributed by atoms with E-state index in [-0.39, 0.29) is 17.6 Å². The van der Waals surface area contributed by atoms with E-state index in [1.807, 2.05) is 6.07 Å². The Morgan fingerprint density at radius 3 is 2.56 bits per heavy atom. The van der Waals surface area contributed by atoms with Gasteiger partial charge in [-0.05, 0) is 43.7 Å². The second kappa shape index (κ2) is 6.63. The molecule has 1 atom stereocenters. The normalized spacial score (nSPS) is 13.6. The van der Waals surface area contributed by atoms with Gasteiger partial charge in [-0.1, -0.05) is 15.9 Å². The number of sulfone groups is 1. The second-order valence-corrected chi connectivity index (χ2v) is 7.49. The molecular formula is C12H17BrFNO2S. The summed E-state index contributed by atoms with van der Waals surface area (Å²) >= 11 is 3.25. The summed E-state index contributed by atoms with van der Waals surface area (Å²) in [5, 5.41) is 3.08. The average molecular weight is 338 g/mol. The maximum Gasteiger partial charge on any atom is 0.147 e. The molecule has 102 valence electrons. The third kappa shape index (κ3) is 5.46. The minimum absolute atomic E-state index is 0.0428. The van der Waals surface area contributed by atoms with Crippen molar-refractivity contribution in [1.29, 1.82) is 0 Å². The van der Waals surface area contributed by atoms with Crippen molar-refractivity contribution in [3.63, 3.8) is 0 Å². The number of hydrogen-bond acceptors (Lipinski definition) is 3. The van der Waals surface area contributed by atoms with Gasteiger partial charge >= 0.3 is 0 Å². The molecule has 18 heavy (non-hydrogen) atoms. The van der Waals surface area contributed by atoms with Gasteiger partial charge in [0.2, 0.25) is 0 Å². The third-order valence-electron chi connectivity index (χ3n) is 2.64. The van der Waals surface area contributed by atoms with Crippen LogP contribution in [0.15, 0.2) is 22.7 Å². The van der Waals surface area contributed by atoms with Gasteiger partial charge in [0.15, 0.2) is 0 Å². The number of halogens is 2. The standard InChI is InChI=1S/C12H17BrFNO2S/c1-15-12(4-3-5-18(2,16)17)9-6-10(13)8-11(14)7-9/h6-8,12,15H,3-5H2,1-2H3. The van der Waals surface area contributed by atoms with Crippen LogP contribution in [-0.4, -0.2) is 27.5 Å². The molecule has 0 fully saturated rings. The Kier molecular flexibility index (Phi) is 5.75. The lowest BCUT2D eigenvalue weighted by Crippen LogP contribution is -2.18. The Morgan fingerprint density at radius 1 is 1.39 bits per heavy atom. The molecule has 1 aromatic carbocycles. The van der Waals surface area contributed by atoms with E-state index in [1.54, 1.807) is 7.05 Å². The topological polar surface area (TPSA) is 46.2 Å². The molecule has 1 rings (SSSR count). The number of nitrogens with one attached hydrogen (secondary N) is 1. The molecule has 3 nitrogen and oxygen atoms in total. The predicted octanol–water partition coefficient (Wildman–Crippen LogP) is 2.67. The summed E-state index contributed by atoms with van der Waals surface area (Å²) in [5.74, 6) is -0.149. The molecule has 1 aromatic rings. The Bertz CT molecular complexity index is 485. The smallest absolute Gasteiger partial charge is 0.147 e. The fourth-order valence-corrected chi connectivity index (χ4v) is 2.98. The van der Waals surface area contributed by atoms with Crippen molar-refractivity contribution in [2.24, 2.45) is 0 Å². The zero-order valence-corrected chi connectivity index (χ0v) is 12.8. The van der Waals surface area contributed by atoms with Gasteiger partial charge in [-0.15, -0.1) is 0 Å².